The third-order valence-corrected chi connectivity index (χ3v) is 4.31. The molecule has 3 aromatic rings. The number of anilines is 1. The summed E-state index contributed by atoms with van der Waals surface area (Å²) in [7, 11) is 1.05. The number of hydrogen-bond donors (Lipinski definition) is 1. The van der Waals surface area contributed by atoms with Crippen LogP contribution in [0.4, 0.5) is 22.7 Å². The van der Waals surface area contributed by atoms with Gasteiger partial charge in [-0.3, -0.25) is 35.1 Å². The van der Waals surface area contributed by atoms with Crippen molar-refractivity contribution in [2.75, 3.05) is 12.4 Å². The molecule has 1 aromatic heterocycles. The van der Waals surface area contributed by atoms with Gasteiger partial charge in [0.05, 0.1) is 33.1 Å². The monoisotopic (exact) mass is 454 g/mol. The minimum absolute atomic E-state index is 0.150. The van der Waals surface area contributed by atoms with E-state index in [0.29, 0.717) is 0 Å². The number of para-hydroxylation sites is 1. The number of nitrogens with one attached hydrogen (secondary N) is 1. The first-order valence-electron chi connectivity index (χ1n) is 9.04. The van der Waals surface area contributed by atoms with Crippen LogP contribution in [0.5, 0.6) is 5.75 Å². The van der Waals surface area contributed by atoms with Gasteiger partial charge in [-0.05, 0) is 24.3 Å². The number of amides is 1. The fourth-order valence-electron chi connectivity index (χ4n) is 2.92. The predicted molar refractivity (Wildman–Crippen MR) is 115 cm³/mol. The number of nitro benzene ring substituents is 3. The van der Waals surface area contributed by atoms with Gasteiger partial charge in [0.2, 0.25) is 5.91 Å². The summed E-state index contributed by atoms with van der Waals surface area (Å²) in [4.78, 5) is 43.5. The Labute approximate surface area is 184 Å². The topological polar surface area (TPSA) is 181 Å². The summed E-state index contributed by atoms with van der Waals surface area (Å²) < 4.78 is 10.3. The molecule has 1 heterocycles. The van der Waals surface area contributed by atoms with Gasteiger partial charge in [-0.1, -0.05) is 12.1 Å². The van der Waals surface area contributed by atoms with Gasteiger partial charge in [-0.15, -0.1) is 0 Å². The molecule has 13 heteroatoms. The molecular formula is C20H14N4O9. The summed E-state index contributed by atoms with van der Waals surface area (Å²) in [5.74, 6) is -0.891. The lowest BCUT2D eigenvalue weighted by Gasteiger charge is -2.06. The Hall–Kier alpha value is -5.07. The fraction of sp³-hybridized carbons (Fsp3) is 0.0500. The summed E-state index contributed by atoms with van der Waals surface area (Å²) in [6, 6.07) is 10.8. The van der Waals surface area contributed by atoms with Crippen LogP contribution in [0.3, 0.4) is 0 Å². The van der Waals surface area contributed by atoms with E-state index >= 15 is 0 Å². The standard InChI is InChI=1S/C20H14N4O9/c1-32-20-16(23(28)29)10-12(11-17(20)24(30)31)21-19(25)9-7-13-6-8-18(33-13)14-4-2-3-5-15(14)22(26)27/h2-11H,1H3,(H,21,25)/b9-7+. The Bertz CT molecular complexity index is 1260. The summed E-state index contributed by atoms with van der Waals surface area (Å²) in [6.45, 7) is 0. The van der Waals surface area contributed by atoms with E-state index < -0.39 is 37.8 Å². The number of benzene rings is 2. The van der Waals surface area contributed by atoms with E-state index in [4.69, 9.17) is 9.15 Å². The smallest absolute Gasteiger partial charge is 0.320 e. The third kappa shape index (κ3) is 4.99. The van der Waals surface area contributed by atoms with Crippen molar-refractivity contribution >= 4 is 34.7 Å². The first-order valence-corrected chi connectivity index (χ1v) is 9.04. The van der Waals surface area contributed by atoms with Gasteiger partial charge < -0.3 is 14.5 Å². The Morgan fingerprint density at radius 3 is 2.12 bits per heavy atom. The molecule has 0 atom stereocenters. The lowest BCUT2D eigenvalue weighted by Crippen LogP contribution is -2.09. The molecule has 0 bridgehead atoms. The highest BCUT2D eigenvalue weighted by molar-refractivity contribution is 6.02. The number of carbonyl (C=O) groups is 1. The minimum Gasteiger partial charge on any atom is -0.485 e. The number of carbonyl (C=O) groups excluding carboxylic acids is 1. The second kappa shape index (κ2) is 9.38. The van der Waals surface area contributed by atoms with Crippen LogP contribution in [0.1, 0.15) is 5.76 Å². The quantitative estimate of drug-likeness (QED) is 0.294. The fourth-order valence-corrected chi connectivity index (χ4v) is 2.92. The molecule has 0 unspecified atom stereocenters. The maximum Gasteiger partial charge on any atom is 0.320 e. The second-order valence-corrected chi connectivity index (χ2v) is 6.36. The molecule has 168 valence electrons. The molecular weight excluding hydrogens is 440 g/mol. The summed E-state index contributed by atoms with van der Waals surface area (Å²) in [6.07, 6.45) is 2.30. The van der Waals surface area contributed by atoms with E-state index in [1.165, 1.54) is 36.4 Å². The Morgan fingerprint density at radius 2 is 1.55 bits per heavy atom. The largest absolute Gasteiger partial charge is 0.485 e. The van der Waals surface area contributed by atoms with Crippen molar-refractivity contribution in [2.24, 2.45) is 0 Å². The Balaban J connectivity index is 1.81. The molecule has 2 aromatic carbocycles. The highest BCUT2D eigenvalue weighted by Crippen LogP contribution is 2.39. The molecule has 3 rings (SSSR count). The molecule has 1 amide bonds. The highest BCUT2D eigenvalue weighted by atomic mass is 16.6. The molecule has 0 aliphatic heterocycles. The van der Waals surface area contributed by atoms with E-state index in [1.54, 1.807) is 6.07 Å². The predicted octanol–water partition coefficient (Wildman–Crippen LogP) is 4.33. The lowest BCUT2D eigenvalue weighted by atomic mass is 10.1. The zero-order chi connectivity index (χ0) is 24.1. The van der Waals surface area contributed by atoms with Crippen LogP contribution in [0.25, 0.3) is 17.4 Å². The van der Waals surface area contributed by atoms with E-state index in [9.17, 15) is 35.1 Å². The van der Waals surface area contributed by atoms with Crippen LogP contribution in [0, 0.1) is 30.3 Å². The van der Waals surface area contributed by atoms with Gasteiger partial charge in [-0.2, -0.15) is 0 Å². The molecule has 0 aliphatic carbocycles. The van der Waals surface area contributed by atoms with Crippen molar-refractivity contribution in [2.45, 2.75) is 0 Å². The number of methoxy groups -OCH3 is 1. The molecule has 33 heavy (non-hydrogen) atoms. The highest BCUT2D eigenvalue weighted by Gasteiger charge is 2.28. The third-order valence-electron chi connectivity index (χ3n) is 4.31. The van der Waals surface area contributed by atoms with Crippen LogP contribution in [-0.2, 0) is 4.79 Å². The van der Waals surface area contributed by atoms with E-state index in [1.807, 2.05) is 0 Å². The van der Waals surface area contributed by atoms with E-state index in [2.05, 4.69) is 5.32 Å². The van der Waals surface area contributed by atoms with Gasteiger partial charge >= 0.3 is 11.4 Å². The van der Waals surface area contributed by atoms with E-state index in [0.717, 1.165) is 25.3 Å². The Morgan fingerprint density at radius 1 is 0.939 bits per heavy atom. The zero-order valence-corrected chi connectivity index (χ0v) is 16.8. The number of hydrogen-bond acceptors (Lipinski definition) is 9. The van der Waals surface area contributed by atoms with Gasteiger partial charge in [0.1, 0.15) is 11.5 Å². The van der Waals surface area contributed by atoms with Gasteiger partial charge in [0.25, 0.3) is 11.4 Å². The minimum atomic E-state index is -0.871. The van der Waals surface area contributed by atoms with Crippen LogP contribution in [0.2, 0.25) is 0 Å². The zero-order valence-electron chi connectivity index (χ0n) is 16.8. The summed E-state index contributed by atoms with van der Waals surface area (Å²) >= 11 is 0. The molecule has 13 nitrogen and oxygen atoms in total. The van der Waals surface area contributed by atoms with Crippen LogP contribution < -0.4 is 10.1 Å². The molecule has 0 saturated carbocycles. The average Bonchev–Trinajstić information content (AvgIpc) is 3.26. The normalized spacial score (nSPS) is 10.7. The number of ether oxygens (including phenoxy) is 1. The van der Waals surface area contributed by atoms with Crippen LogP contribution in [0.15, 0.2) is 59.0 Å². The lowest BCUT2D eigenvalue weighted by molar-refractivity contribution is -0.395. The number of rotatable bonds is 8. The van der Waals surface area contributed by atoms with Gasteiger partial charge in [0.15, 0.2) is 0 Å². The first-order chi connectivity index (χ1) is 15.7. The molecule has 0 spiro atoms. The second-order valence-electron chi connectivity index (χ2n) is 6.36. The summed E-state index contributed by atoms with van der Waals surface area (Å²) in [5, 5.41) is 35.9. The van der Waals surface area contributed by atoms with Gasteiger partial charge in [0, 0.05) is 24.3 Å². The van der Waals surface area contributed by atoms with E-state index in [-0.39, 0.29) is 28.5 Å². The molecule has 1 N–H and O–H groups in total. The number of nitrogens with zero attached hydrogens (tertiary/aromatic N) is 3. The molecule has 0 aliphatic rings. The molecule has 0 saturated heterocycles. The molecule has 0 radical (unpaired) electrons. The van der Waals surface area contributed by atoms with Crippen LogP contribution in [-0.4, -0.2) is 27.8 Å². The number of furan rings is 1. The first kappa shape index (κ1) is 22.6. The van der Waals surface area contributed by atoms with Crippen molar-refractivity contribution in [3.05, 3.63) is 90.7 Å². The maximum atomic E-state index is 12.2. The van der Waals surface area contributed by atoms with Crippen LogP contribution >= 0.6 is 0 Å². The van der Waals surface area contributed by atoms with Gasteiger partial charge in [-0.25, -0.2) is 0 Å². The van der Waals surface area contributed by atoms with Crippen molar-refractivity contribution in [3.63, 3.8) is 0 Å². The van der Waals surface area contributed by atoms with Crippen molar-refractivity contribution in [1.82, 2.24) is 0 Å². The molecule has 0 fully saturated rings. The number of nitro groups is 3. The van der Waals surface area contributed by atoms with Crippen molar-refractivity contribution < 1.29 is 28.7 Å². The van der Waals surface area contributed by atoms with Crippen molar-refractivity contribution in [1.29, 1.82) is 0 Å². The van der Waals surface area contributed by atoms with Crippen molar-refractivity contribution in [3.8, 4) is 17.1 Å². The SMILES string of the molecule is COc1c([N+](=O)[O-])cc(NC(=O)/C=C/c2ccc(-c3ccccc3[N+](=O)[O-])o2)cc1[N+](=O)[O-]. The summed E-state index contributed by atoms with van der Waals surface area (Å²) in [5.41, 5.74) is -1.46. The maximum absolute atomic E-state index is 12.2. The Kier molecular flexibility index (Phi) is 6.43. The average molecular weight is 454 g/mol.